The molecule has 0 aliphatic rings. The number of benzene rings is 1. The first kappa shape index (κ1) is 16.3. The van der Waals surface area contributed by atoms with Crippen molar-refractivity contribution >= 4 is 17.2 Å². The highest BCUT2D eigenvalue weighted by Crippen LogP contribution is 2.24. The van der Waals surface area contributed by atoms with Crippen molar-refractivity contribution < 1.29 is 9.18 Å². The Hall–Kier alpha value is -2.54. The topological polar surface area (TPSA) is 59.8 Å². The quantitative estimate of drug-likeness (QED) is 0.774. The molecular weight excluding hydrogens is 327 g/mol. The number of carbonyl (C=O) groups excluding carboxylic acids is 1. The smallest absolute Gasteiger partial charge is 0.263 e. The SMILES string of the molecule is C[C@H](Cc1ccccc1F)NC(=O)c1cnc(-c2cnn(C)c2)s1. The third kappa shape index (κ3) is 3.68. The van der Waals surface area contributed by atoms with Gasteiger partial charge in [-0.3, -0.25) is 9.48 Å². The maximum atomic E-state index is 13.7. The monoisotopic (exact) mass is 344 g/mol. The van der Waals surface area contributed by atoms with Crippen LogP contribution in [0.25, 0.3) is 10.6 Å². The molecule has 0 saturated heterocycles. The van der Waals surface area contributed by atoms with E-state index in [1.807, 2.05) is 20.2 Å². The number of halogens is 1. The summed E-state index contributed by atoms with van der Waals surface area (Å²) >= 11 is 1.31. The molecule has 0 unspecified atom stereocenters. The van der Waals surface area contributed by atoms with Gasteiger partial charge >= 0.3 is 0 Å². The number of aryl methyl sites for hydroxylation is 1. The highest BCUT2D eigenvalue weighted by molar-refractivity contribution is 7.16. The minimum Gasteiger partial charge on any atom is -0.349 e. The molecule has 0 aliphatic carbocycles. The molecule has 2 heterocycles. The first-order chi connectivity index (χ1) is 11.5. The van der Waals surface area contributed by atoms with E-state index in [0.29, 0.717) is 16.9 Å². The molecule has 3 rings (SSSR count). The molecule has 0 spiro atoms. The molecular formula is C17H17FN4OS. The minimum absolute atomic E-state index is 0.182. The molecule has 0 radical (unpaired) electrons. The minimum atomic E-state index is -0.254. The van der Waals surface area contributed by atoms with Crippen LogP contribution < -0.4 is 5.32 Å². The summed E-state index contributed by atoms with van der Waals surface area (Å²) in [6.45, 7) is 1.85. The van der Waals surface area contributed by atoms with Crippen molar-refractivity contribution in [2.45, 2.75) is 19.4 Å². The van der Waals surface area contributed by atoms with Gasteiger partial charge in [-0.2, -0.15) is 5.10 Å². The molecule has 1 aromatic carbocycles. The normalized spacial score (nSPS) is 12.1. The molecule has 7 heteroatoms. The van der Waals surface area contributed by atoms with Gasteiger partial charge in [-0.05, 0) is 25.0 Å². The summed E-state index contributed by atoms with van der Waals surface area (Å²) in [5.74, 6) is -0.457. The third-order valence-electron chi connectivity index (χ3n) is 3.54. The Morgan fingerprint density at radius 3 is 2.88 bits per heavy atom. The van der Waals surface area contributed by atoms with Crippen molar-refractivity contribution in [3.05, 3.63) is 59.1 Å². The lowest BCUT2D eigenvalue weighted by Crippen LogP contribution is -2.33. The molecule has 2 aromatic heterocycles. The van der Waals surface area contributed by atoms with Gasteiger partial charge in [0.15, 0.2) is 0 Å². The number of nitrogens with zero attached hydrogens (tertiary/aromatic N) is 3. The average molecular weight is 344 g/mol. The predicted octanol–water partition coefficient (Wildman–Crippen LogP) is 3.04. The number of aromatic nitrogens is 3. The number of hydrogen-bond acceptors (Lipinski definition) is 4. The fourth-order valence-corrected chi connectivity index (χ4v) is 3.18. The number of thiazole rings is 1. The summed E-state index contributed by atoms with van der Waals surface area (Å²) in [6, 6.07) is 6.41. The van der Waals surface area contributed by atoms with Crippen molar-refractivity contribution in [2.75, 3.05) is 0 Å². The Morgan fingerprint density at radius 1 is 1.38 bits per heavy atom. The fourth-order valence-electron chi connectivity index (χ4n) is 2.38. The Kier molecular flexibility index (Phi) is 4.71. The number of amides is 1. The molecule has 1 N–H and O–H groups in total. The van der Waals surface area contributed by atoms with Crippen LogP contribution in [0.2, 0.25) is 0 Å². The van der Waals surface area contributed by atoms with Crippen LogP contribution in [-0.2, 0) is 13.5 Å². The number of carbonyl (C=O) groups is 1. The largest absolute Gasteiger partial charge is 0.349 e. The molecule has 5 nitrogen and oxygen atoms in total. The summed E-state index contributed by atoms with van der Waals surface area (Å²) < 4.78 is 15.4. The van der Waals surface area contributed by atoms with E-state index in [1.165, 1.54) is 17.4 Å². The van der Waals surface area contributed by atoms with Crippen LogP contribution in [0.3, 0.4) is 0 Å². The van der Waals surface area contributed by atoms with Gasteiger partial charge in [0.2, 0.25) is 0 Å². The van der Waals surface area contributed by atoms with Crippen molar-refractivity contribution in [2.24, 2.45) is 7.05 Å². The van der Waals surface area contributed by atoms with Crippen LogP contribution in [-0.4, -0.2) is 26.7 Å². The first-order valence-corrected chi connectivity index (χ1v) is 8.33. The van der Waals surface area contributed by atoms with E-state index in [9.17, 15) is 9.18 Å². The van der Waals surface area contributed by atoms with Crippen molar-refractivity contribution in [1.29, 1.82) is 0 Å². The van der Waals surface area contributed by atoms with Gasteiger partial charge < -0.3 is 5.32 Å². The highest BCUT2D eigenvalue weighted by Gasteiger charge is 2.16. The zero-order chi connectivity index (χ0) is 17.1. The van der Waals surface area contributed by atoms with Crippen molar-refractivity contribution in [3.8, 4) is 10.6 Å². The lowest BCUT2D eigenvalue weighted by molar-refractivity contribution is 0.0944. The van der Waals surface area contributed by atoms with Crippen LogP contribution in [0.4, 0.5) is 4.39 Å². The molecule has 3 aromatic rings. The zero-order valence-corrected chi connectivity index (χ0v) is 14.2. The number of hydrogen-bond donors (Lipinski definition) is 1. The first-order valence-electron chi connectivity index (χ1n) is 7.52. The lowest BCUT2D eigenvalue weighted by Gasteiger charge is -2.13. The summed E-state index contributed by atoms with van der Waals surface area (Å²) in [5.41, 5.74) is 1.46. The van der Waals surface area contributed by atoms with Crippen molar-refractivity contribution in [1.82, 2.24) is 20.1 Å². The third-order valence-corrected chi connectivity index (χ3v) is 4.59. The molecule has 0 aliphatic heterocycles. The van der Waals surface area contributed by atoms with Gasteiger partial charge in [0, 0.05) is 24.8 Å². The van der Waals surface area contributed by atoms with Gasteiger partial charge in [-0.15, -0.1) is 11.3 Å². The molecule has 24 heavy (non-hydrogen) atoms. The fraction of sp³-hybridized carbons (Fsp3) is 0.235. The van der Waals surface area contributed by atoms with Gasteiger partial charge in [-0.25, -0.2) is 9.37 Å². The standard InChI is InChI=1S/C17H17FN4OS/c1-11(7-12-5-3-4-6-14(12)18)21-16(23)15-9-19-17(24-15)13-8-20-22(2)10-13/h3-6,8-11H,7H2,1-2H3,(H,21,23)/t11-/m1/s1. The number of rotatable bonds is 5. The Labute approximate surface area is 143 Å². The molecule has 1 atom stereocenters. The van der Waals surface area contributed by atoms with Gasteiger partial charge in [0.1, 0.15) is 15.7 Å². The van der Waals surface area contributed by atoms with Crippen LogP contribution >= 0.6 is 11.3 Å². The Bertz CT molecular complexity index is 858. The van der Waals surface area contributed by atoms with E-state index in [-0.39, 0.29) is 17.8 Å². The van der Waals surface area contributed by atoms with Gasteiger partial charge in [-0.1, -0.05) is 18.2 Å². The van der Waals surface area contributed by atoms with Gasteiger partial charge in [0.25, 0.3) is 5.91 Å². The molecule has 0 fully saturated rings. The predicted molar refractivity (Wildman–Crippen MR) is 91.3 cm³/mol. The summed E-state index contributed by atoms with van der Waals surface area (Å²) in [5, 5.41) is 7.73. The van der Waals surface area contributed by atoms with Crippen LogP contribution in [0.15, 0.2) is 42.9 Å². The number of nitrogens with one attached hydrogen (secondary N) is 1. The summed E-state index contributed by atoms with van der Waals surface area (Å²) in [7, 11) is 1.83. The molecule has 0 bridgehead atoms. The second-order valence-electron chi connectivity index (χ2n) is 5.60. The van der Waals surface area contributed by atoms with E-state index >= 15 is 0 Å². The van der Waals surface area contributed by atoms with Crippen LogP contribution in [0.5, 0.6) is 0 Å². The van der Waals surface area contributed by atoms with Gasteiger partial charge in [0.05, 0.1) is 12.4 Å². The van der Waals surface area contributed by atoms with Crippen LogP contribution in [0, 0.1) is 5.82 Å². The molecule has 124 valence electrons. The van der Waals surface area contributed by atoms with E-state index in [0.717, 1.165) is 10.6 Å². The van der Waals surface area contributed by atoms with E-state index in [2.05, 4.69) is 15.4 Å². The maximum Gasteiger partial charge on any atom is 0.263 e. The Morgan fingerprint density at radius 2 is 2.17 bits per heavy atom. The van der Waals surface area contributed by atoms with Crippen molar-refractivity contribution in [3.63, 3.8) is 0 Å². The average Bonchev–Trinajstić information content (AvgIpc) is 3.18. The van der Waals surface area contributed by atoms with E-state index < -0.39 is 0 Å². The second-order valence-corrected chi connectivity index (χ2v) is 6.63. The Balaban J connectivity index is 1.65. The van der Waals surface area contributed by atoms with Crippen LogP contribution in [0.1, 0.15) is 22.2 Å². The summed E-state index contributed by atoms with van der Waals surface area (Å²) in [4.78, 5) is 17.1. The highest BCUT2D eigenvalue weighted by atomic mass is 32.1. The molecule has 1 amide bonds. The lowest BCUT2D eigenvalue weighted by atomic mass is 10.1. The molecule has 0 saturated carbocycles. The summed E-state index contributed by atoms with van der Waals surface area (Å²) in [6.07, 6.45) is 5.55. The maximum absolute atomic E-state index is 13.7. The second kappa shape index (κ2) is 6.92. The zero-order valence-electron chi connectivity index (χ0n) is 13.4. The van der Waals surface area contributed by atoms with E-state index in [1.54, 1.807) is 35.3 Å². The van der Waals surface area contributed by atoms with E-state index in [4.69, 9.17) is 0 Å².